The average molecular weight is 373 g/mol. The summed E-state index contributed by atoms with van der Waals surface area (Å²) >= 11 is 0. The fraction of sp³-hybridized carbons (Fsp3) is 0.455. The number of hydrogen-bond donors (Lipinski definition) is 2. The maximum atomic E-state index is 5.53. The topological polar surface area (TPSA) is 36.6 Å². The van der Waals surface area contributed by atoms with Gasteiger partial charge in [-0.25, -0.2) is 0 Å². The SMILES string of the molecule is CCOc1ccc(C[NH+]2CC[NH+](Cc3ccc(OC)c(OC)c3)CC2)cc1. The number of nitrogens with one attached hydrogen (secondary N) is 2. The Balaban J connectivity index is 1.48. The fourth-order valence-electron chi connectivity index (χ4n) is 3.75. The zero-order valence-electron chi connectivity index (χ0n) is 16.7. The van der Waals surface area contributed by atoms with Crippen molar-refractivity contribution in [3.05, 3.63) is 53.6 Å². The van der Waals surface area contributed by atoms with Gasteiger partial charge in [-0.3, -0.25) is 0 Å². The summed E-state index contributed by atoms with van der Waals surface area (Å²) in [4.78, 5) is 3.30. The summed E-state index contributed by atoms with van der Waals surface area (Å²) < 4.78 is 16.3. The third kappa shape index (κ3) is 5.37. The highest BCUT2D eigenvalue weighted by Crippen LogP contribution is 2.27. The van der Waals surface area contributed by atoms with E-state index in [2.05, 4.69) is 36.4 Å². The zero-order valence-corrected chi connectivity index (χ0v) is 16.7. The van der Waals surface area contributed by atoms with Crippen molar-refractivity contribution in [2.75, 3.05) is 47.0 Å². The molecule has 2 aromatic rings. The molecule has 0 unspecified atom stereocenters. The van der Waals surface area contributed by atoms with E-state index >= 15 is 0 Å². The van der Waals surface area contributed by atoms with Gasteiger partial charge in [-0.1, -0.05) is 0 Å². The highest BCUT2D eigenvalue weighted by molar-refractivity contribution is 5.42. The van der Waals surface area contributed by atoms with Crippen molar-refractivity contribution in [2.45, 2.75) is 20.0 Å². The molecule has 0 atom stereocenters. The Morgan fingerprint density at radius 1 is 0.741 bits per heavy atom. The van der Waals surface area contributed by atoms with E-state index in [0.29, 0.717) is 0 Å². The Kier molecular flexibility index (Phi) is 6.96. The highest BCUT2D eigenvalue weighted by atomic mass is 16.5. The number of methoxy groups -OCH3 is 2. The third-order valence-corrected chi connectivity index (χ3v) is 5.25. The summed E-state index contributed by atoms with van der Waals surface area (Å²) in [5.41, 5.74) is 2.69. The Morgan fingerprint density at radius 3 is 1.85 bits per heavy atom. The second-order valence-corrected chi connectivity index (χ2v) is 7.12. The first-order valence-electron chi connectivity index (χ1n) is 9.81. The van der Waals surface area contributed by atoms with Gasteiger partial charge in [-0.15, -0.1) is 0 Å². The Hall–Kier alpha value is -2.24. The molecule has 0 aromatic heterocycles. The van der Waals surface area contributed by atoms with Gasteiger partial charge in [0.15, 0.2) is 11.5 Å². The van der Waals surface area contributed by atoms with E-state index in [1.54, 1.807) is 24.0 Å². The molecule has 1 heterocycles. The minimum absolute atomic E-state index is 0.718. The van der Waals surface area contributed by atoms with Crippen LogP contribution in [-0.2, 0) is 13.1 Å². The lowest BCUT2D eigenvalue weighted by Gasteiger charge is -2.30. The van der Waals surface area contributed by atoms with E-state index in [-0.39, 0.29) is 0 Å². The minimum atomic E-state index is 0.718. The van der Waals surface area contributed by atoms with Crippen LogP contribution in [0.2, 0.25) is 0 Å². The Morgan fingerprint density at radius 2 is 1.30 bits per heavy atom. The van der Waals surface area contributed by atoms with Gasteiger partial charge >= 0.3 is 0 Å². The molecule has 5 heteroatoms. The van der Waals surface area contributed by atoms with Crippen LogP contribution < -0.4 is 24.0 Å². The van der Waals surface area contributed by atoms with Crippen LogP contribution in [0.5, 0.6) is 17.2 Å². The van der Waals surface area contributed by atoms with Crippen molar-refractivity contribution < 1.29 is 24.0 Å². The Labute approximate surface area is 162 Å². The number of piperazine rings is 1. The van der Waals surface area contributed by atoms with Gasteiger partial charge in [0, 0.05) is 11.1 Å². The van der Waals surface area contributed by atoms with Crippen molar-refractivity contribution in [3.63, 3.8) is 0 Å². The van der Waals surface area contributed by atoms with Gasteiger partial charge in [-0.2, -0.15) is 0 Å². The van der Waals surface area contributed by atoms with Crippen LogP contribution in [0.15, 0.2) is 42.5 Å². The van der Waals surface area contributed by atoms with Crippen LogP contribution in [0.4, 0.5) is 0 Å². The molecule has 0 aliphatic carbocycles. The standard InChI is InChI=1S/C22H30N2O3/c1-4-27-20-8-5-18(6-9-20)16-23-11-13-24(14-12-23)17-19-7-10-21(25-2)22(15-19)26-3/h5-10,15H,4,11-14,16-17H2,1-3H3/p+2. The first-order valence-corrected chi connectivity index (χ1v) is 9.81. The minimum Gasteiger partial charge on any atom is -0.494 e. The summed E-state index contributed by atoms with van der Waals surface area (Å²) in [6.07, 6.45) is 0. The molecular weight excluding hydrogens is 340 g/mol. The van der Waals surface area contributed by atoms with Crippen LogP contribution >= 0.6 is 0 Å². The lowest BCUT2D eigenvalue weighted by atomic mass is 10.1. The van der Waals surface area contributed by atoms with E-state index in [0.717, 1.165) is 36.9 Å². The summed E-state index contributed by atoms with van der Waals surface area (Å²) in [5.74, 6) is 2.57. The average Bonchev–Trinajstić information content (AvgIpc) is 2.71. The van der Waals surface area contributed by atoms with E-state index in [9.17, 15) is 0 Å². The molecule has 0 spiro atoms. The number of rotatable bonds is 8. The quantitative estimate of drug-likeness (QED) is 0.712. The molecule has 2 N–H and O–H groups in total. The largest absolute Gasteiger partial charge is 0.494 e. The first-order chi connectivity index (χ1) is 13.2. The molecular formula is C22H32N2O3+2. The molecule has 27 heavy (non-hydrogen) atoms. The summed E-state index contributed by atoms with van der Waals surface area (Å²) in [6.45, 7) is 9.66. The van der Waals surface area contributed by atoms with Crippen LogP contribution in [0.1, 0.15) is 18.1 Å². The van der Waals surface area contributed by atoms with Crippen LogP contribution in [0, 0.1) is 0 Å². The van der Waals surface area contributed by atoms with Crippen LogP contribution in [0.3, 0.4) is 0 Å². The predicted octanol–water partition coefficient (Wildman–Crippen LogP) is 0.586. The third-order valence-electron chi connectivity index (χ3n) is 5.25. The van der Waals surface area contributed by atoms with Gasteiger partial charge < -0.3 is 24.0 Å². The van der Waals surface area contributed by atoms with E-state index < -0.39 is 0 Å². The molecule has 0 radical (unpaired) electrons. The molecule has 3 rings (SSSR count). The molecule has 1 fully saturated rings. The Bertz CT molecular complexity index is 710. The molecule has 1 aliphatic rings. The lowest BCUT2D eigenvalue weighted by Crippen LogP contribution is -3.27. The normalized spacial score (nSPS) is 19.5. The van der Waals surface area contributed by atoms with Gasteiger partial charge in [-0.05, 0) is 49.4 Å². The monoisotopic (exact) mass is 372 g/mol. The predicted molar refractivity (Wildman–Crippen MR) is 106 cm³/mol. The maximum Gasteiger partial charge on any atom is 0.161 e. The second-order valence-electron chi connectivity index (χ2n) is 7.12. The van der Waals surface area contributed by atoms with Crippen molar-refractivity contribution in [1.29, 1.82) is 0 Å². The van der Waals surface area contributed by atoms with Gasteiger partial charge in [0.05, 0.1) is 20.8 Å². The summed E-state index contributed by atoms with van der Waals surface area (Å²) in [6, 6.07) is 14.8. The summed E-state index contributed by atoms with van der Waals surface area (Å²) in [7, 11) is 3.37. The molecule has 1 saturated heterocycles. The van der Waals surface area contributed by atoms with Crippen molar-refractivity contribution in [1.82, 2.24) is 0 Å². The zero-order chi connectivity index (χ0) is 19.1. The smallest absolute Gasteiger partial charge is 0.161 e. The van der Waals surface area contributed by atoms with Crippen molar-refractivity contribution in [2.24, 2.45) is 0 Å². The first kappa shape index (κ1) is 19.5. The van der Waals surface area contributed by atoms with E-state index in [4.69, 9.17) is 14.2 Å². The van der Waals surface area contributed by atoms with Gasteiger partial charge in [0.1, 0.15) is 45.0 Å². The highest BCUT2D eigenvalue weighted by Gasteiger charge is 2.23. The van der Waals surface area contributed by atoms with Gasteiger partial charge in [0.2, 0.25) is 0 Å². The molecule has 0 amide bonds. The molecule has 0 bridgehead atoms. The van der Waals surface area contributed by atoms with Crippen molar-refractivity contribution >= 4 is 0 Å². The molecule has 0 saturated carbocycles. The van der Waals surface area contributed by atoms with E-state index in [1.807, 2.05) is 13.0 Å². The van der Waals surface area contributed by atoms with Gasteiger partial charge in [0.25, 0.3) is 0 Å². The molecule has 1 aliphatic heterocycles. The molecule has 5 nitrogen and oxygen atoms in total. The molecule has 146 valence electrons. The second kappa shape index (κ2) is 9.62. The summed E-state index contributed by atoms with van der Waals surface area (Å²) in [5, 5.41) is 0. The maximum absolute atomic E-state index is 5.53. The molecule has 2 aromatic carbocycles. The number of ether oxygens (including phenoxy) is 3. The lowest BCUT2D eigenvalue weighted by molar-refractivity contribution is -1.02. The van der Waals surface area contributed by atoms with Crippen LogP contribution in [0.25, 0.3) is 0 Å². The number of quaternary nitrogens is 2. The number of benzene rings is 2. The van der Waals surface area contributed by atoms with E-state index in [1.165, 1.54) is 37.3 Å². The van der Waals surface area contributed by atoms with Crippen molar-refractivity contribution in [3.8, 4) is 17.2 Å². The fourth-order valence-corrected chi connectivity index (χ4v) is 3.75. The van der Waals surface area contributed by atoms with Crippen LogP contribution in [-0.4, -0.2) is 47.0 Å². The number of hydrogen-bond acceptors (Lipinski definition) is 3.